The Balaban J connectivity index is 2.24. The molecule has 6 N–H and O–H groups in total. The summed E-state index contributed by atoms with van der Waals surface area (Å²) >= 11 is 3.30. The molecule has 0 saturated heterocycles. The van der Waals surface area contributed by atoms with Gasteiger partial charge in [-0.1, -0.05) is 15.9 Å². The highest BCUT2D eigenvalue weighted by Gasteiger charge is 2.32. The SMILES string of the molecule is OCC(O)C(O)C(O)C(O)c1nc2ccc(Br)cc2[nH]1. The van der Waals surface area contributed by atoms with E-state index in [0.29, 0.717) is 11.0 Å². The van der Waals surface area contributed by atoms with E-state index >= 15 is 0 Å². The van der Waals surface area contributed by atoms with Gasteiger partial charge in [-0.15, -0.1) is 0 Å². The quantitative estimate of drug-likeness (QED) is 0.430. The van der Waals surface area contributed by atoms with Crippen molar-refractivity contribution in [3.05, 3.63) is 28.5 Å². The Kier molecular flexibility index (Phi) is 4.74. The molecule has 7 nitrogen and oxygen atoms in total. The first-order chi connectivity index (χ1) is 9.43. The van der Waals surface area contributed by atoms with Crippen LogP contribution in [0.15, 0.2) is 22.7 Å². The first kappa shape index (κ1) is 15.4. The van der Waals surface area contributed by atoms with Crippen molar-refractivity contribution in [2.45, 2.75) is 24.4 Å². The highest BCUT2D eigenvalue weighted by atomic mass is 79.9. The number of nitrogens with one attached hydrogen (secondary N) is 1. The van der Waals surface area contributed by atoms with Gasteiger partial charge in [-0.25, -0.2) is 4.98 Å². The summed E-state index contributed by atoms with van der Waals surface area (Å²) in [6.45, 7) is -0.724. The van der Waals surface area contributed by atoms with Crippen LogP contribution in [-0.4, -0.2) is 60.4 Å². The second-order valence-corrected chi connectivity index (χ2v) is 5.38. The van der Waals surface area contributed by atoms with Crippen molar-refractivity contribution in [1.82, 2.24) is 9.97 Å². The number of aliphatic hydroxyl groups excluding tert-OH is 5. The zero-order valence-electron chi connectivity index (χ0n) is 10.3. The van der Waals surface area contributed by atoms with Gasteiger partial charge in [0.1, 0.15) is 30.2 Å². The smallest absolute Gasteiger partial charge is 0.140 e. The first-order valence-electron chi connectivity index (χ1n) is 5.92. The van der Waals surface area contributed by atoms with Gasteiger partial charge in [0.2, 0.25) is 0 Å². The monoisotopic (exact) mass is 346 g/mol. The summed E-state index contributed by atoms with van der Waals surface area (Å²) in [6, 6.07) is 5.25. The van der Waals surface area contributed by atoms with Crippen LogP contribution in [0.4, 0.5) is 0 Å². The number of nitrogens with zero attached hydrogens (tertiary/aromatic N) is 1. The molecule has 0 saturated carbocycles. The van der Waals surface area contributed by atoms with Crippen LogP contribution < -0.4 is 0 Å². The Morgan fingerprint density at radius 2 is 1.85 bits per heavy atom. The summed E-state index contributed by atoms with van der Waals surface area (Å²) in [5, 5.41) is 47.3. The highest BCUT2D eigenvalue weighted by molar-refractivity contribution is 9.10. The zero-order valence-corrected chi connectivity index (χ0v) is 11.9. The van der Waals surface area contributed by atoms with Crippen LogP contribution in [0.1, 0.15) is 11.9 Å². The molecule has 2 aromatic rings. The van der Waals surface area contributed by atoms with Gasteiger partial charge in [-0.3, -0.25) is 0 Å². The number of hydrogen-bond acceptors (Lipinski definition) is 6. The van der Waals surface area contributed by atoms with E-state index in [2.05, 4.69) is 25.9 Å². The minimum atomic E-state index is -1.69. The number of hydrogen-bond donors (Lipinski definition) is 6. The molecule has 0 amide bonds. The molecule has 4 unspecified atom stereocenters. The topological polar surface area (TPSA) is 130 Å². The number of aliphatic hydroxyl groups is 5. The summed E-state index contributed by atoms with van der Waals surface area (Å²) in [6.07, 6.45) is -6.42. The fraction of sp³-hybridized carbons (Fsp3) is 0.417. The van der Waals surface area contributed by atoms with Gasteiger partial charge in [0.15, 0.2) is 0 Å². The first-order valence-corrected chi connectivity index (χ1v) is 6.71. The molecular formula is C12H15BrN2O5. The second kappa shape index (κ2) is 6.17. The van der Waals surface area contributed by atoms with Crippen molar-refractivity contribution >= 4 is 27.0 Å². The Bertz CT molecular complexity index is 590. The summed E-state index contributed by atoms with van der Waals surface area (Å²) in [4.78, 5) is 6.92. The molecule has 0 aliphatic heterocycles. The Morgan fingerprint density at radius 1 is 1.15 bits per heavy atom. The summed E-state index contributed by atoms with van der Waals surface area (Å²) in [5.74, 6) is 0.0646. The third kappa shape index (κ3) is 3.00. The van der Waals surface area contributed by atoms with Crippen LogP contribution in [0.3, 0.4) is 0 Å². The van der Waals surface area contributed by atoms with E-state index < -0.39 is 31.0 Å². The number of H-pyrrole nitrogens is 1. The Morgan fingerprint density at radius 3 is 2.50 bits per heavy atom. The molecule has 8 heteroatoms. The van der Waals surface area contributed by atoms with E-state index in [9.17, 15) is 20.4 Å². The number of benzene rings is 1. The molecule has 0 bridgehead atoms. The third-order valence-electron chi connectivity index (χ3n) is 3.00. The number of aromatic amines is 1. The van der Waals surface area contributed by atoms with E-state index in [-0.39, 0.29) is 5.82 Å². The standard InChI is InChI=1S/C12H15BrN2O5/c13-5-1-2-6-7(3-5)15-12(14-6)11(20)10(19)9(18)8(17)4-16/h1-3,8-11,16-20H,4H2,(H,14,15). The van der Waals surface area contributed by atoms with Crippen LogP contribution in [-0.2, 0) is 0 Å². The van der Waals surface area contributed by atoms with Gasteiger partial charge >= 0.3 is 0 Å². The van der Waals surface area contributed by atoms with E-state index in [1.165, 1.54) is 0 Å². The van der Waals surface area contributed by atoms with Gasteiger partial charge in [-0.05, 0) is 18.2 Å². The van der Waals surface area contributed by atoms with Crippen molar-refractivity contribution in [3.8, 4) is 0 Å². The number of imidazole rings is 1. The number of aromatic nitrogens is 2. The van der Waals surface area contributed by atoms with Crippen LogP contribution in [0.5, 0.6) is 0 Å². The zero-order chi connectivity index (χ0) is 14.9. The van der Waals surface area contributed by atoms with Crippen LogP contribution >= 0.6 is 15.9 Å². The van der Waals surface area contributed by atoms with E-state index in [0.717, 1.165) is 4.47 Å². The van der Waals surface area contributed by atoms with Gasteiger partial charge in [0, 0.05) is 4.47 Å². The van der Waals surface area contributed by atoms with Gasteiger partial charge in [0.25, 0.3) is 0 Å². The average Bonchev–Trinajstić information content (AvgIpc) is 2.86. The maximum Gasteiger partial charge on any atom is 0.140 e. The molecule has 20 heavy (non-hydrogen) atoms. The predicted octanol–water partition coefficient (Wildman–Crippen LogP) is -0.566. The number of halogens is 1. The van der Waals surface area contributed by atoms with Crippen LogP contribution in [0.2, 0.25) is 0 Å². The minimum Gasteiger partial charge on any atom is -0.394 e. The predicted molar refractivity (Wildman–Crippen MR) is 73.9 cm³/mol. The number of rotatable bonds is 5. The molecular weight excluding hydrogens is 332 g/mol. The molecule has 110 valence electrons. The fourth-order valence-corrected chi connectivity index (χ4v) is 2.19. The molecule has 0 radical (unpaired) electrons. The molecule has 0 aliphatic carbocycles. The largest absolute Gasteiger partial charge is 0.394 e. The van der Waals surface area contributed by atoms with E-state index in [4.69, 9.17) is 5.11 Å². The molecule has 0 spiro atoms. The lowest BCUT2D eigenvalue weighted by Gasteiger charge is -2.24. The van der Waals surface area contributed by atoms with Crippen LogP contribution in [0.25, 0.3) is 11.0 Å². The average molecular weight is 347 g/mol. The van der Waals surface area contributed by atoms with E-state index in [1.54, 1.807) is 18.2 Å². The summed E-state index contributed by atoms with van der Waals surface area (Å²) < 4.78 is 0.825. The van der Waals surface area contributed by atoms with Crippen molar-refractivity contribution in [3.63, 3.8) is 0 Å². The van der Waals surface area contributed by atoms with Crippen LogP contribution in [0, 0.1) is 0 Å². The fourth-order valence-electron chi connectivity index (χ4n) is 1.83. The Labute approximate surface area is 122 Å². The molecule has 1 aromatic carbocycles. The second-order valence-electron chi connectivity index (χ2n) is 4.46. The molecule has 2 rings (SSSR count). The van der Waals surface area contributed by atoms with Crippen molar-refractivity contribution < 1.29 is 25.5 Å². The highest BCUT2D eigenvalue weighted by Crippen LogP contribution is 2.23. The number of fused-ring (bicyclic) bond motifs is 1. The van der Waals surface area contributed by atoms with Gasteiger partial charge < -0.3 is 30.5 Å². The Hall–Kier alpha value is -1.03. The van der Waals surface area contributed by atoms with E-state index in [1.807, 2.05) is 0 Å². The molecule has 4 atom stereocenters. The maximum atomic E-state index is 9.97. The van der Waals surface area contributed by atoms with Gasteiger partial charge in [-0.2, -0.15) is 0 Å². The van der Waals surface area contributed by atoms with Crippen molar-refractivity contribution in [2.24, 2.45) is 0 Å². The van der Waals surface area contributed by atoms with Crippen molar-refractivity contribution in [1.29, 1.82) is 0 Å². The summed E-state index contributed by atoms with van der Waals surface area (Å²) in [5.41, 5.74) is 1.24. The third-order valence-corrected chi connectivity index (χ3v) is 3.49. The normalized spacial score (nSPS) is 17.9. The maximum absolute atomic E-state index is 9.97. The molecule has 0 aliphatic rings. The van der Waals surface area contributed by atoms with Gasteiger partial charge in [0.05, 0.1) is 17.6 Å². The lowest BCUT2D eigenvalue weighted by Crippen LogP contribution is -2.42. The molecule has 1 heterocycles. The lowest BCUT2D eigenvalue weighted by molar-refractivity contribution is -0.117. The lowest BCUT2D eigenvalue weighted by atomic mass is 10.0. The minimum absolute atomic E-state index is 0.0646. The van der Waals surface area contributed by atoms with Crippen molar-refractivity contribution in [2.75, 3.05) is 6.61 Å². The molecule has 1 aromatic heterocycles. The summed E-state index contributed by atoms with van der Waals surface area (Å²) in [7, 11) is 0. The molecule has 0 fully saturated rings.